The predicted molar refractivity (Wildman–Crippen MR) is 54.3 cm³/mol. The van der Waals surface area contributed by atoms with E-state index < -0.39 is 24.0 Å². The van der Waals surface area contributed by atoms with Gasteiger partial charge in [-0.15, -0.1) is 0 Å². The molecule has 0 aromatic heterocycles. The van der Waals surface area contributed by atoms with Crippen molar-refractivity contribution in [3.05, 3.63) is 35.1 Å². The Bertz CT molecular complexity index is 469. The molecule has 0 radical (unpaired) electrons. The number of benzene rings is 1. The maximum Gasteiger partial charge on any atom is 0.340 e. The van der Waals surface area contributed by atoms with Gasteiger partial charge in [0.1, 0.15) is 11.9 Å². The van der Waals surface area contributed by atoms with Crippen molar-refractivity contribution in [3.8, 4) is 6.07 Å². The van der Waals surface area contributed by atoms with Gasteiger partial charge in [0, 0.05) is 5.56 Å². The highest BCUT2D eigenvalue weighted by Crippen LogP contribution is 2.23. The van der Waals surface area contributed by atoms with Crippen LogP contribution in [0.3, 0.4) is 0 Å². The highest BCUT2D eigenvalue weighted by Gasteiger charge is 2.24. The van der Waals surface area contributed by atoms with Crippen LogP contribution in [-0.4, -0.2) is 29.4 Å². The van der Waals surface area contributed by atoms with Gasteiger partial charge in [0.2, 0.25) is 0 Å². The first-order valence-electron chi connectivity index (χ1n) is 4.65. The molecule has 5 nitrogen and oxygen atoms in total. The van der Waals surface area contributed by atoms with Crippen LogP contribution in [0.25, 0.3) is 0 Å². The van der Waals surface area contributed by atoms with Crippen LogP contribution in [0, 0.1) is 17.1 Å². The largest absolute Gasteiger partial charge is 0.465 e. The molecule has 0 heterocycles. The number of aliphatic hydroxyl groups is 2. The van der Waals surface area contributed by atoms with Gasteiger partial charge < -0.3 is 14.9 Å². The lowest BCUT2D eigenvalue weighted by Crippen LogP contribution is -2.18. The molecule has 1 aromatic carbocycles. The average Bonchev–Trinajstić information content (AvgIpc) is 2.36. The summed E-state index contributed by atoms with van der Waals surface area (Å²) < 4.78 is 18.1. The van der Waals surface area contributed by atoms with Crippen molar-refractivity contribution >= 4 is 5.97 Å². The number of carbonyl (C=O) groups is 1. The highest BCUT2D eigenvalue weighted by atomic mass is 19.1. The van der Waals surface area contributed by atoms with E-state index in [1.54, 1.807) is 0 Å². The molecular formula is C11H10FNO4. The molecule has 6 heteroatoms. The summed E-state index contributed by atoms with van der Waals surface area (Å²) in [7, 11) is 1.09. The van der Waals surface area contributed by atoms with Crippen molar-refractivity contribution in [2.45, 2.75) is 12.2 Å². The number of nitriles is 1. The Morgan fingerprint density at radius 1 is 1.53 bits per heavy atom. The van der Waals surface area contributed by atoms with Crippen LogP contribution in [0.2, 0.25) is 0 Å². The van der Waals surface area contributed by atoms with E-state index in [0.717, 1.165) is 7.11 Å². The Labute approximate surface area is 96.7 Å². The summed E-state index contributed by atoms with van der Waals surface area (Å²) in [5.41, 5.74) is -0.698. The first-order chi connectivity index (χ1) is 8.02. The summed E-state index contributed by atoms with van der Waals surface area (Å²) in [5, 5.41) is 27.0. The summed E-state index contributed by atoms with van der Waals surface area (Å²) in [4.78, 5) is 11.2. The number of hydrogen-bond donors (Lipinski definition) is 2. The second kappa shape index (κ2) is 5.39. The van der Waals surface area contributed by atoms with Crippen LogP contribution in [0.4, 0.5) is 4.39 Å². The molecule has 0 aliphatic rings. The quantitative estimate of drug-likeness (QED) is 0.593. The lowest BCUT2D eigenvalue weighted by atomic mass is 10.0. The van der Waals surface area contributed by atoms with Gasteiger partial charge in [0.25, 0.3) is 0 Å². The minimum atomic E-state index is -1.77. The fraction of sp³-hybridized carbons (Fsp3) is 0.273. The van der Waals surface area contributed by atoms with E-state index in [-0.39, 0.29) is 11.1 Å². The Balaban J connectivity index is 3.20. The lowest BCUT2D eigenvalue weighted by Gasteiger charge is -2.14. The second-order valence-electron chi connectivity index (χ2n) is 3.22. The van der Waals surface area contributed by atoms with E-state index in [0.29, 0.717) is 0 Å². The van der Waals surface area contributed by atoms with Crippen LogP contribution in [0.1, 0.15) is 22.0 Å². The van der Waals surface area contributed by atoms with Crippen molar-refractivity contribution in [2.24, 2.45) is 0 Å². The summed E-state index contributed by atoms with van der Waals surface area (Å²) in [6.07, 6.45) is -3.48. The zero-order valence-corrected chi connectivity index (χ0v) is 8.92. The average molecular weight is 239 g/mol. The van der Waals surface area contributed by atoms with E-state index in [9.17, 15) is 14.3 Å². The van der Waals surface area contributed by atoms with Gasteiger partial charge in [0.15, 0.2) is 6.10 Å². The van der Waals surface area contributed by atoms with Gasteiger partial charge in [-0.05, 0) is 6.07 Å². The normalized spacial score (nSPS) is 13.6. The third kappa shape index (κ3) is 2.58. The molecule has 2 unspecified atom stereocenters. The first-order valence-corrected chi connectivity index (χ1v) is 4.65. The van der Waals surface area contributed by atoms with Gasteiger partial charge in [-0.3, -0.25) is 0 Å². The molecular weight excluding hydrogens is 229 g/mol. The van der Waals surface area contributed by atoms with Crippen LogP contribution in [-0.2, 0) is 4.74 Å². The number of methoxy groups -OCH3 is 1. The standard InChI is InChI=1S/C11H10FNO4/c1-17-11(16)7-4-2-3-6(9(7)12)10(15)8(14)5-13/h2-4,8,10,14-15H,1H3. The smallest absolute Gasteiger partial charge is 0.340 e. The minimum Gasteiger partial charge on any atom is -0.465 e. The number of nitrogens with zero attached hydrogens (tertiary/aromatic N) is 1. The van der Waals surface area contributed by atoms with Crippen molar-refractivity contribution in [1.82, 2.24) is 0 Å². The molecule has 90 valence electrons. The number of rotatable bonds is 3. The molecule has 0 saturated carbocycles. The van der Waals surface area contributed by atoms with Crippen molar-refractivity contribution in [1.29, 1.82) is 5.26 Å². The second-order valence-corrected chi connectivity index (χ2v) is 3.22. The molecule has 0 amide bonds. The van der Waals surface area contributed by atoms with Crippen LogP contribution in [0.5, 0.6) is 0 Å². The number of aliphatic hydroxyl groups excluding tert-OH is 2. The molecule has 2 N–H and O–H groups in total. The Morgan fingerprint density at radius 3 is 2.71 bits per heavy atom. The maximum absolute atomic E-state index is 13.8. The summed E-state index contributed by atoms with van der Waals surface area (Å²) >= 11 is 0. The lowest BCUT2D eigenvalue weighted by molar-refractivity contribution is 0.0493. The molecule has 2 atom stereocenters. The van der Waals surface area contributed by atoms with E-state index in [1.807, 2.05) is 0 Å². The molecule has 0 spiro atoms. The van der Waals surface area contributed by atoms with Gasteiger partial charge in [-0.2, -0.15) is 5.26 Å². The highest BCUT2D eigenvalue weighted by molar-refractivity contribution is 5.89. The van der Waals surface area contributed by atoms with Gasteiger partial charge >= 0.3 is 5.97 Å². The Kier molecular flexibility index (Phi) is 4.15. The summed E-state index contributed by atoms with van der Waals surface area (Å²) in [6, 6.07) is 5.04. The molecule has 0 aliphatic carbocycles. The molecule has 1 aromatic rings. The number of carbonyl (C=O) groups excluding carboxylic acids is 1. The molecule has 0 bridgehead atoms. The van der Waals surface area contributed by atoms with Crippen LogP contribution >= 0.6 is 0 Å². The van der Waals surface area contributed by atoms with Crippen molar-refractivity contribution in [2.75, 3.05) is 7.11 Å². The predicted octanol–water partition coefficient (Wildman–Crippen LogP) is 0.530. The van der Waals surface area contributed by atoms with Gasteiger partial charge in [0.05, 0.1) is 18.7 Å². The number of hydrogen-bond acceptors (Lipinski definition) is 5. The Morgan fingerprint density at radius 2 is 2.18 bits per heavy atom. The molecule has 1 rings (SSSR count). The van der Waals surface area contributed by atoms with Gasteiger partial charge in [-0.1, -0.05) is 12.1 Å². The molecule has 0 aliphatic heterocycles. The SMILES string of the molecule is COC(=O)c1cccc(C(O)C(O)C#N)c1F. The number of halogens is 1. The van der Waals surface area contributed by atoms with E-state index in [2.05, 4.69) is 4.74 Å². The van der Waals surface area contributed by atoms with Crippen LogP contribution in [0.15, 0.2) is 18.2 Å². The van der Waals surface area contributed by atoms with E-state index in [1.165, 1.54) is 24.3 Å². The fourth-order valence-corrected chi connectivity index (χ4v) is 1.29. The topological polar surface area (TPSA) is 90.6 Å². The zero-order chi connectivity index (χ0) is 13.0. The number of ether oxygens (including phenoxy) is 1. The minimum absolute atomic E-state index is 0.332. The summed E-state index contributed by atoms with van der Waals surface area (Å²) in [5.74, 6) is -1.91. The molecule has 0 fully saturated rings. The van der Waals surface area contributed by atoms with E-state index >= 15 is 0 Å². The first kappa shape index (κ1) is 13.1. The maximum atomic E-state index is 13.8. The number of esters is 1. The van der Waals surface area contributed by atoms with Gasteiger partial charge in [-0.25, -0.2) is 9.18 Å². The monoisotopic (exact) mass is 239 g/mol. The fourth-order valence-electron chi connectivity index (χ4n) is 1.29. The third-order valence-corrected chi connectivity index (χ3v) is 2.18. The summed E-state index contributed by atoms with van der Waals surface area (Å²) in [6.45, 7) is 0. The van der Waals surface area contributed by atoms with Crippen molar-refractivity contribution in [3.63, 3.8) is 0 Å². The van der Waals surface area contributed by atoms with Crippen LogP contribution < -0.4 is 0 Å². The third-order valence-electron chi connectivity index (χ3n) is 2.18. The molecule has 17 heavy (non-hydrogen) atoms. The zero-order valence-electron chi connectivity index (χ0n) is 8.92. The van der Waals surface area contributed by atoms with Crippen molar-refractivity contribution < 1.29 is 24.1 Å². The van der Waals surface area contributed by atoms with E-state index in [4.69, 9.17) is 10.4 Å². The Hall–Kier alpha value is -1.97. The molecule has 0 saturated heterocycles.